The molecule has 0 aliphatic heterocycles. The lowest BCUT2D eigenvalue weighted by molar-refractivity contribution is -0.604. The van der Waals surface area contributed by atoms with E-state index in [1.165, 1.54) is 12.4 Å². The van der Waals surface area contributed by atoms with Crippen LogP contribution in [0.5, 0.6) is 5.75 Å². The third-order valence-electron chi connectivity index (χ3n) is 4.17. The number of ether oxygens (including phenoxy) is 1. The number of anilines is 1. The predicted molar refractivity (Wildman–Crippen MR) is 104 cm³/mol. The second kappa shape index (κ2) is 7.40. The van der Waals surface area contributed by atoms with Crippen LogP contribution in [0.2, 0.25) is 0 Å². The van der Waals surface area contributed by atoms with Crippen molar-refractivity contribution in [3.8, 4) is 17.2 Å². The first-order valence-electron chi connectivity index (χ1n) is 8.66. The number of carbonyl (C=O) groups is 1. The van der Waals surface area contributed by atoms with Crippen LogP contribution in [0, 0.1) is 12.1 Å². The lowest BCUT2D eigenvalue weighted by atomic mass is 10.2. The smallest absolute Gasteiger partial charge is 0.262 e. The van der Waals surface area contributed by atoms with Gasteiger partial charge in [-0.05, 0) is 42.8 Å². The molecule has 0 atom stereocenters. The van der Waals surface area contributed by atoms with E-state index in [-0.39, 0.29) is 12.5 Å². The number of benzene rings is 2. The molecule has 0 bridgehead atoms. The topological polar surface area (TPSA) is 91.3 Å². The third-order valence-corrected chi connectivity index (χ3v) is 4.17. The van der Waals surface area contributed by atoms with E-state index in [1.54, 1.807) is 30.3 Å². The molecule has 0 saturated heterocycles. The minimum Gasteiger partial charge on any atom is -0.619 e. The number of carbonyl (C=O) groups excluding carboxylic acids is 1. The molecule has 2 heterocycles. The molecule has 2 aromatic carbocycles. The lowest BCUT2D eigenvalue weighted by Gasteiger charge is -2.09. The largest absolute Gasteiger partial charge is 0.619 e. The number of nitrogens with one attached hydrogen (secondary N) is 1. The van der Waals surface area contributed by atoms with Crippen LogP contribution in [0.1, 0.15) is 5.56 Å². The van der Waals surface area contributed by atoms with E-state index in [4.69, 9.17) is 9.15 Å². The van der Waals surface area contributed by atoms with Crippen molar-refractivity contribution < 1.29 is 18.7 Å². The van der Waals surface area contributed by atoms with Gasteiger partial charge in [0.15, 0.2) is 23.9 Å². The summed E-state index contributed by atoms with van der Waals surface area (Å²) in [5.41, 5.74) is 3.37. The zero-order valence-electron chi connectivity index (χ0n) is 15.1. The van der Waals surface area contributed by atoms with Gasteiger partial charge in [0.25, 0.3) is 5.91 Å². The fourth-order valence-electron chi connectivity index (χ4n) is 2.74. The summed E-state index contributed by atoms with van der Waals surface area (Å²) >= 11 is 0. The summed E-state index contributed by atoms with van der Waals surface area (Å²) in [6.45, 7) is 1.85. The summed E-state index contributed by atoms with van der Waals surface area (Å²) in [6, 6.07) is 16.2. The van der Waals surface area contributed by atoms with Crippen LogP contribution in [0.25, 0.3) is 22.6 Å². The van der Waals surface area contributed by atoms with Gasteiger partial charge < -0.3 is 19.7 Å². The number of aromatic nitrogens is 2. The molecular formula is C21H17N3O4. The van der Waals surface area contributed by atoms with Crippen LogP contribution in [0.15, 0.2) is 71.4 Å². The highest BCUT2D eigenvalue weighted by molar-refractivity contribution is 5.92. The number of fused-ring (bicyclic) bond motifs is 1. The number of oxazole rings is 1. The Balaban J connectivity index is 1.41. The zero-order chi connectivity index (χ0) is 19.5. The molecular weight excluding hydrogens is 358 g/mol. The Morgan fingerprint density at radius 2 is 1.96 bits per heavy atom. The highest BCUT2D eigenvalue weighted by Crippen LogP contribution is 2.24. The van der Waals surface area contributed by atoms with E-state index in [0.29, 0.717) is 33.2 Å². The van der Waals surface area contributed by atoms with Crippen molar-refractivity contribution in [1.29, 1.82) is 0 Å². The van der Waals surface area contributed by atoms with Crippen molar-refractivity contribution in [3.63, 3.8) is 0 Å². The molecule has 0 radical (unpaired) electrons. The number of aryl methyl sites for hydroxylation is 1. The summed E-state index contributed by atoms with van der Waals surface area (Å²) in [4.78, 5) is 16.4. The highest BCUT2D eigenvalue weighted by Gasteiger charge is 2.11. The Kier molecular flexibility index (Phi) is 4.63. The number of hydrogen-bond donors (Lipinski definition) is 1. The van der Waals surface area contributed by atoms with Gasteiger partial charge in [0.2, 0.25) is 12.1 Å². The SMILES string of the molecule is Cc1ccccc1OCC(=O)Nc1ccc(-c2nc3c[n+]([O-])ccc3o2)cc1. The van der Waals surface area contributed by atoms with Crippen molar-refractivity contribution >= 4 is 22.7 Å². The number of hydrogen-bond acceptors (Lipinski definition) is 5. The molecule has 0 aliphatic rings. The average molecular weight is 375 g/mol. The molecule has 7 nitrogen and oxygen atoms in total. The monoisotopic (exact) mass is 375 g/mol. The number of amides is 1. The van der Waals surface area contributed by atoms with Crippen molar-refractivity contribution in [1.82, 2.24) is 4.98 Å². The molecule has 0 saturated carbocycles. The number of rotatable bonds is 5. The Hall–Kier alpha value is -3.87. The molecule has 4 aromatic rings. The summed E-state index contributed by atoms with van der Waals surface area (Å²) < 4.78 is 11.9. The lowest BCUT2D eigenvalue weighted by Crippen LogP contribution is -2.23. The van der Waals surface area contributed by atoms with Gasteiger partial charge in [-0.1, -0.05) is 18.2 Å². The molecule has 28 heavy (non-hydrogen) atoms. The molecule has 0 aliphatic carbocycles. The molecule has 1 amide bonds. The van der Waals surface area contributed by atoms with Crippen molar-refractivity contribution in [2.45, 2.75) is 6.92 Å². The Bertz CT molecular complexity index is 1140. The number of nitrogens with zero attached hydrogens (tertiary/aromatic N) is 2. The quantitative estimate of drug-likeness (QED) is 0.426. The van der Waals surface area contributed by atoms with Gasteiger partial charge in [0.1, 0.15) is 5.75 Å². The van der Waals surface area contributed by atoms with E-state index < -0.39 is 0 Å². The average Bonchev–Trinajstić information content (AvgIpc) is 3.11. The Morgan fingerprint density at radius 1 is 1.18 bits per heavy atom. The van der Waals surface area contributed by atoms with E-state index in [0.717, 1.165) is 11.1 Å². The van der Waals surface area contributed by atoms with Crippen molar-refractivity contribution in [3.05, 3.63) is 77.8 Å². The van der Waals surface area contributed by atoms with E-state index in [2.05, 4.69) is 10.3 Å². The summed E-state index contributed by atoms with van der Waals surface area (Å²) in [6.07, 6.45) is 2.71. The van der Waals surface area contributed by atoms with Gasteiger partial charge in [-0.25, -0.2) is 4.98 Å². The third kappa shape index (κ3) is 3.78. The maximum Gasteiger partial charge on any atom is 0.262 e. The number of para-hydroxylation sites is 1. The van der Waals surface area contributed by atoms with Crippen molar-refractivity contribution in [2.24, 2.45) is 0 Å². The summed E-state index contributed by atoms with van der Waals surface area (Å²) in [5.74, 6) is 0.836. The van der Waals surface area contributed by atoms with Gasteiger partial charge in [-0.3, -0.25) is 4.79 Å². The zero-order valence-corrected chi connectivity index (χ0v) is 15.1. The van der Waals surface area contributed by atoms with Gasteiger partial charge in [0, 0.05) is 17.3 Å². The molecule has 0 fully saturated rings. The molecule has 0 unspecified atom stereocenters. The van der Waals surface area contributed by atoms with Gasteiger partial charge >= 0.3 is 0 Å². The van der Waals surface area contributed by atoms with Crippen LogP contribution < -0.4 is 14.8 Å². The second-order valence-corrected chi connectivity index (χ2v) is 6.25. The first-order valence-corrected chi connectivity index (χ1v) is 8.66. The summed E-state index contributed by atoms with van der Waals surface area (Å²) in [5, 5.41) is 14.1. The van der Waals surface area contributed by atoms with Crippen LogP contribution in [0.3, 0.4) is 0 Å². The molecule has 0 spiro atoms. The first-order chi connectivity index (χ1) is 13.6. The first kappa shape index (κ1) is 17.5. The van der Waals surface area contributed by atoms with Crippen LogP contribution >= 0.6 is 0 Å². The maximum absolute atomic E-state index is 12.1. The van der Waals surface area contributed by atoms with Gasteiger partial charge in [0.05, 0.1) is 0 Å². The molecule has 7 heteroatoms. The van der Waals surface area contributed by atoms with Crippen molar-refractivity contribution in [2.75, 3.05) is 11.9 Å². The molecule has 140 valence electrons. The molecule has 4 rings (SSSR count). The minimum absolute atomic E-state index is 0.0765. The fourth-order valence-corrected chi connectivity index (χ4v) is 2.74. The minimum atomic E-state index is -0.252. The van der Waals surface area contributed by atoms with Gasteiger partial charge in [-0.2, -0.15) is 4.73 Å². The van der Waals surface area contributed by atoms with Gasteiger partial charge in [-0.15, -0.1) is 0 Å². The molecule has 2 aromatic heterocycles. The van der Waals surface area contributed by atoms with Crippen LogP contribution in [0.4, 0.5) is 5.69 Å². The van der Waals surface area contributed by atoms with E-state index >= 15 is 0 Å². The fraction of sp³-hybridized carbons (Fsp3) is 0.0952. The molecule has 1 N–H and O–H groups in total. The van der Waals surface area contributed by atoms with E-state index in [9.17, 15) is 10.0 Å². The number of pyridine rings is 1. The Morgan fingerprint density at radius 3 is 2.75 bits per heavy atom. The van der Waals surface area contributed by atoms with E-state index in [1.807, 2.05) is 31.2 Å². The maximum atomic E-state index is 12.1. The second-order valence-electron chi connectivity index (χ2n) is 6.25. The highest BCUT2D eigenvalue weighted by atomic mass is 16.5. The van der Waals surface area contributed by atoms with Crippen LogP contribution in [-0.2, 0) is 4.79 Å². The Labute approximate surface area is 160 Å². The predicted octanol–water partition coefficient (Wildman–Crippen LogP) is 3.45. The normalized spacial score (nSPS) is 10.8. The van der Waals surface area contributed by atoms with Crippen LogP contribution in [-0.4, -0.2) is 17.5 Å². The summed E-state index contributed by atoms with van der Waals surface area (Å²) in [7, 11) is 0. The standard InChI is InChI=1S/C21H17N3O4/c1-14-4-2-3-5-18(14)27-13-20(25)22-16-8-6-15(7-9-16)21-23-17-12-24(26)11-10-19(17)28-21/h2-12H,13H2,1H3,(H,22,25).